The smallest absolute Gasteiger partial charge is 0.394 e. The largest absolute Gasteiger partial charge is 0.416 e. The summed E-state index contributed by atoms with van der Waals surface area (Å²) in [5.41, 5.74) is 0.745. The van der Waals surface area contributed by atoms with Crippen molar-refractivity contribution in [2.45, 2.75) is 50.6 Å². The Kier molecular flexibility index (Phi) is 5.00. The molecule has 0 amide bonds. The maximum absolute atomic E-state index is 14.7. The van der Waals surface area contributed by atoms with Crippen LogP contribution in [0.3, 0.4) is 0 Å². The zero-order valence-corrected chi connectivity index (χ0v) is 15.5. The third-order valence-corrected chi connectivity index (χ3v) is 5.93. The second kappa shape index (κ2) is 7.19. The Morgan fingerprint density at radius 3 is 2.71 bits per heavy atom. The van der Waals surface area contributed by atoms with E-state index < -0.39 is 23.9 Å². The van der Waals surface area contributed by atoms with Crippen molar-refractivity contribution in [1.82, 2.24) is 0 Å². The second-order valence-corrected chi connectivity index (χ2v) is 7.93. The molecule has 1 saturated heterocycles. The Hall–Kier alpha value is -1.86. The number of ether oxygens (including phenoxy) is 1. The average molecular weight is 397 g/mol. The molecule has 1 aromatic carbocycles. The van der Waals surface area contributed by atoms with Crippen LogP contribution >= 0.6 is 0 Å². The van der Waals surface area contributed by atoms with Crippen molar-refractivity contribution >= 4 is 5.69 Å². The van der Waals surface area contributed by atoms with Crippen LogP contribution in [0.4, 0.5) is 23.2 Å². The van der Waals surface area contributed by atoms with Crippen LogP contribution in [0.5, 0.6) is 0 Å². The van der Waals surface area contributed by atoms with Gasteiger partial charge in [0.05, 0.1) is 30.4 Å². The molecule has 2 heterocycles. The molecule has 7 heteroatoms. The Labute approximate surface area is 161 Å². The number of aliphatic hydroxyl groups is 1. The molecule has 4 rings (SSSR count). The van der Waals surface area contributed by atoms with E-state index in [2.05, 4.69) is 5.32 Å². The maximum Gasteiger partial charge on any atom is 0.416 e. The van der Waals surface area contributed by atoms with Crippen molar-refractivity contribution in [3.63, 3.8) is 0 Å². The van der Waals surface area contributed by atoms with Gasteiger partial charge in [0.25, 0.3) is 0 Å². The van der Waals surface area contributed by atoms with Crippen LogP contribution < -0.4 is 5.32 Å². The normalized spacial score (nSPS) is 32.6. The molecule has 28 heavy (non-hydrogen) atoms. The molecule has 2 N–H and O–H groups in total. The molecule has 3 aliphatic rings. The van der Waals surface area contributed by atoms with Crippen molar-refractivity contribution < 1.29 is 27.4 Å². The van der Waals surface area contributed by atoms with Crippen LogP contribution in [0.2, 0.25) is 0 Å². The Morgan fingerprint density at radius 1 is 1.25 bits per heavy atom. The molecular weight excluding hydrogens is 374 g/mol. The predicted molar refractivity (Wildman–Crippen MR) is 97.3 cm³/mol. The topological polar surface area (TPSA) is 41.5 Å². The number of nitrogens with one attached hydrogen (secondary N) is 1. The lowest BCUT2D eigenvalue weighted by atomic mass is 9.74. The predicted octanol–water partition coefficient (Wildman–Crippen LogP) is 5.15. The second-order valence-electron chi connectivity index (χ2n) is 7.93. The first-order chi connectivity index (χ1) is 13.3. The number of aliphatic hydroxyl groups excluding tert-OH is 1. The van der Waals surface area contributed by atoms with Crippen LogP contribution in [0.1, 0.15) is 43.4 Å². The summed E-state index contributed by atoms with van der Waals surface area (Å²) in [6.45, 7) is 1.75. The Morgan fingerprint density at radius 2 is 2.04 bits per heavy atom. The van der Waals surface area contributed by atoms with E-state index >= 15 is 0 Å². The van der Waals surface area contributed by atoms with E-state index in [-0.39, 0.29) is 30.3 Å². The number of alkyl halides is 3. The summed E-state index contributed by atoms with van der Waals surface area (Å²) in [4.78, 5) is 0. The number of fused-ring (bicyclic) bond motifs is 3. The van der Waals surface area contributed by atoms with Gasteiger partial charge in [-0.15, -0.1) is 0 Å². The first kappa shape index (κ1) is 19.5. The van der Waals surface area contributed by atoms with Crippen molar-refractivity contribution in [2.24, 2.45) is 11.8 Å². The van der Waals surface area contributed by atoms with Gasteiger partial charge >= 0.3 is 6.18 Å². The van der Waals surface area contributed by atoms with Crippen molar-refractivity contribution in [2.75, 3.05) is 11.9 Å². The fraction of sp³-hybridized carbons (Fsp3) is 0.524. The Bertz CT molecular complexity index is 817. The quantitative estimate of drug-likeness (QED) is 0.679. The molecule has 3 nitrogen and oxygen atoms in total. The van der Waals surface area contributed by atoms with Crippen molar-refractivity contribution in [1.29, 1.82) is 0 Å². The minimum atomic E-state index is -4.46. The van der Waals surface area contributed by atoms with E-state index in [1.807, 2.05) is 13.0 Å². The molecule has 0 aromatic heterocycles. The monoisotopic (exact) mass is 397 g/mol. The van der Waals surface area contributed by atoms with Crippen molar-refractivity contribution in [3.05, 3.63) is 52.9 Å². The van der Waals surface area contributed by atoms with Gasteiger partial charge in [-0.1, -0.05) is 19.1 Å². The number of halogens is 4. The molecule has 152 valence electrons. The highest BCUT2D eigenvalue weighted by Gasteiger charge is 2.44. The van der Waals surface area contributed by atoms with Gasteiger partial charge in [-0.2, -0.15) is 13.2 Å². The first-order valence-corrected chi connectivity index (χ1v) is 9.58. The maximum atomic E-state index is 14.7. The summed E-state index contributed by atoms with van der Waals surface area (Å²) in [5, 5.41) is 12.8. The Balaban J connectivity index is 1.76. The molecule has 1 aliphatic carbocycles. The van der Waals surface area contributed by atoms with Crippen LogP contribution in [-0.4, -0.2) is 23.9 Å². The van der Waals surface area contributed by atoms with Gasteiger partial charge in [-0.3, -0.25) is 0 Å². The van der Waals surface area contributed by atoms with Gasteiger partial charge in [0.15, 0.2) is 0 Å². The summed E-state index contributed by atoms with van der Waals surface area (Å²) in [7, 11) is 0. The number of hydrogen-bond acceptors (Lipinski definition) is 3. The molecule has 2 aliphatic heterocycles. The summed E-state index contributed by atoms with van der Waals surface area (Å²) in [6, 6.07) is 3.15. The van der Waals surface area contributed by atoms with Gasteiger partial charge in [0.1, 0.15) is 5.83 Å². The van der Waals surface area contributed by atoms with Crippen LogP contribution in [0.25, 0.3) is 0 Å². The summed E-state index contributed by atoms with van der Waals surface area (Å²) in [5.74, 6) is -0.283. The average Bonchev–Trinajstić information content (AvgIpc) is 2.66. The lowest BCUT2D eigenvalue weighted by Crippen LogP contribution is -2.45. The van der Waals surface area contributed by atoms with E-state index in [0.29, 0.717) is 36.1 Å². The van der Waals surface area contributed by atoms with Crippen LogP contribution in [-0.2, 0) is 10.9 Å². The fourth-order valence-electron chi connectivity index (χ4n) is 4.47. The highest BCUT2D eigenvalue weighted by atomic mass is 19.4. The van der Waals surface area contributed by atoms with E-state index in [9.17, 15) is 22.7 Å². The molecule has 1 aromatic rings. The lowest BCUT2D eigenvalue weighted by molar-refractivity contribution is -0.138. The van der Waals surface area contributed by atoms with Gasteiger partial charge in [0, 0.05) is 29.2 Å². The summed E-state index contributed by atoms with van der Waals surface area (Å²) >= 11 is 0. The van der Waals surface area contributed by atoms with Crippen molar-refractivity contribution in [3.8, 4) is 0 Å². The number of anilines is 1. The number of benzene rings is 1. The van der Waals surface area contributed by atoms with E-state index in [1.54, 1.807) is 6.08 Å². The summed E-state index contributed by atoms with van der Waals surface area (Å²) in [6.07, 6.45) is -0.235. The third kappa shape index (κ3) is 3.46. The summed E-state index contributed by atoms with van der Waals surface area (Å²) < 4.78 is 60.4. The molecule has 0 saturated carbocycles. The fourth-order valence-corrected chi connectivity index (χ4v) is 4.47. The molecule has 0 bridgehead atoms. The van der Waals surface area contributed by atoms with Gasteiger partial charge in [0.2, 0.25) is 0 Å². The zero-order valence-electron chi connectivity index (χ0n) is 15.5. The number of allylic oxidation sites excluding steroid dienone is 2. The minimum Gasteiger partial charge on any atom is -0.394 e. The lowest BCUT2D eigenvalue weighted by Gasteiger charge is -2.46. The van der Waals surface area contributed by atoms with E-state index in [1.165, 1.54) is 6.07 Å². The third-order valence-electron chi connectivity index (χ3n) is 5.93. The first-order valence-electron chi connectivity index (χ1n) is 9.58. The number of hydrogen-bond donors (Lipinski definition) is 2. The minimum absolute atomic E-state index is 0.117. The molecule has 5 atom stereocenters. The highest BCUT2D eigenvalue weighted by molar-refractivity contribution is 5.60. The van der Waals surface area contributed by atoms with Crippen LogP contribution in [0, 0.1) is 11.8 Å². The van der Waals surface area contributed by atoms with Gasteiger partial charge in [-0.05, 0) is 37.0 Å². The molecular formula is C21H23F4NO2. The standard InChI is InChI=1S/C21H23F4NO2/c1-11-2-5-14(17(22)8-11)19-15-6-4-13(10-27)28-20(15)16-9-12(21(23,24)25)3-7-18(16)26-19/h2-3,5,7,9,11,13,15,19-20,26-27H,4,6,8,10H2,1H3/t11?,13-,15+,19+,20+/m1/s1. The number of rotatable bonds is 2. The molecule has 0 spiro atoms. The molecule has 1 unspecified atom stereocenters. The van der Waals surface area contributed by atoms with Gasteiger partial charge < -0.3 is 15.2 Å². The zero-order chi connectivity index (χ0) is 20.1. The van der Waals surface area contributed by atoms with E-state index in [4.69, 9.17) is 4.74 Å². The van der Waals surface area contributed by atoms with E-state index in [0.717, 1.165) is 12.1 Å². The van der Waals surface area contributed by atoms with Crippen LogP contribution in [0.15, 0.2) is 41.8 Å². The SMILES string of the molecule is CC1C=CC([C@@H]2Nc3ccc(C(F)(F)F)cc3[C@H]3O[C@@H](CO)CC[C@H]32)=C(F)C1. The highest BCUT2D eigenvalue weighted by Crippen LogP contribution is 2.49. The molecule has 1 fully saturated rings. The molecule has 0 radical (unpaired) electrons. The van der Waals surface area contributed by atoms with Gasteiger partial charge in [-0.25, -0.2) is 4.39 Å².